The summed E-state index contributed by atoms with van der Waals surface area (Å²) in [5.74, 6) is 1.87. The van der Waals surface area contributed by atoms with Crippen LogP contribution in [0.15, 0.2) is 60.7 Å². The molecule has 0 saturated carbocycles. The number of para-hydroxylation sites is 2. The topological polar surface area (TPSA) is 64.5 Å². The number of benzene rings is 2. The minimum atomic E-state index is -0.110. The molecule has 3 aromatic rings. The second-order valence-corrected chi connectivity index (χ2v) is 6.27. The Morgan fingerprint density at radius 3 is 2.59 bits per heavy atom. The minimum absolute atomic E-state index is 0.110. The van der Waals surface area contributed by atoms with Gasteiger partial charge < -0.3 is 24.7 Å². The van der Waals surface area contributed by atoms with E-state index in [2.05, 4.69) is 15.2 Å². The second-order valence-electron chi connectivity index (χ2n) is 6.27. The summed E-state index contributed by atoms with van der Waals surface area (Å²) in [5, 5.41) is 6.25. The van der Waals surface area contributed by atoms with Gasteiger partial charge in [0.2, 0.25) is 0 Å². The molecule has 138 valence electrons. The van der Waals surface area contributed by atoms with Crippen LogP contribution in [-0.4, -0.2) is 24.1 Å². The molecule has 0 bridgehead atoms. The first-order valence-corrected chi connectivity index (χ1v) is 8.86. The molecule has 1 aromatic heterocycles. The Labute approximate surface area is 157 Å². The second kappa shape index (κ2) is 7.55. The molecule has 6 nitrogen and oxygen atoms in total. The Balaban J connectivity index is 1.45. The van der Waals surface area contributed by atoms with Crippen LogP contribution < -0.4 is 20.1 Å². The van der Waals surface area contributed by atoms with Crippen LogP contribution in [0.25, 0.3) is 0 Å². The maximum atomic E-state index is 12.6. The molecule has 2 heterocycles. The Bertz CT molecular complexity index is 948. The number of methoxy groups -OCH3 is 1. The number of nitrogens with zero attached hydrogens (tertiary/aromatic N) is 1. The fraction of sp³-hybridized carbons (Fsp3) is 0.190. The summed E-state index contributed by atoms with van der Waals surface area (Å²) < 4.78 is 13.2. The molecular weight excluding hydrogens is 342 g/mol. The zero-order valence-corrected chi connectivity index (χ0v) is 15.1. The average Bonchev–Trinajstić information content (AvgIpc) is 3.14. The first kappa shape index (κ1) is 17.2. The van der Waals surface area contributed by atoms with E-state index in [1.165, 1.54) is 0 Å². The molecule has 0 aliphatic carbocycles. The van der Waals surface area contributed by atoms with E-state index in [-0.39, 0.29) is 5.91 Å². The smallest absolute Gasteiger partial charge is 0.272 e. The van der Waals surface area contributed by atoms with Crippen molar-refractivity contribution >= 4 is 11.6 Å². The van der Waals surface area contributed by atoms with Gasteiger partial charge in [-0.3, -0.25) is 4.79 Å². The lowest BCUT2D eigenvalue weighted by molar-refractivity contribution is 0.101. The number of carbonyl (C=O) groups excluding carboxylic acids is 1. The Morgan fingerprint density at radius 1 is 1.04 bits per heavy atom. The van der Waals surface area contributed by atoms with Gasteiger partial charge in [-0.2, -0.15) is 0 Å². The minimum Gasteiger partial charge on any atom is -0.493 e. The van der Waals surface area contributed by atoms with Crippen molar-refractivity contribution in [3.8, 4) is 17.2 Å². The summed E-state index contributed by atoms with van der Waals surface area (Å²) in [7, 11) is 1.61. The molecule has 1 aliphatic rings. The molecule has 1 amide bonds. The number of aromatic nitrogens is 1. The van der Waals surface area contributed by atoms with Gasteiger partial charge >= 0.3 is 0 Å². The zero-order chi connectivity index (χ0) is 18.6. The first-order valence-electron chi connectivity index (χ1n) is 8.86. The monoisotopic (exact) mass is 363 g/mol. The highest BCUT2D eigenvalue weighted by atomic mass is 16.5. The SMILES string of the molecule is COc1ccccc1Oc1ccc(NC(=O)c2ccc3n2CCNC3)cc1. The number of anilines is 1. The molecule has 27 heavy (non-hydrogen) atoms. The third-order valence-corrected chi connectivity index (χ3v) is 4.53. The molecule has 4 rings (SSSR count). The summed E-state index contributed by atoms with van der Waals surface area (Å²) in [4.78, 5) is 12.6. The highest BCUT2D eigenvalue weighted by molar-refractivity contribution is 6.03. The van der Waals surface area contributed by atoms with Crippen molar-refractivity contribution in [1.82, 2.24) is 9.88 Å². The van der Waals surface area contributed by atoms with Crippen LogP contribution in [0, 0.1) is 0 Å². The summed E-state index contributed by atoms with van der Waals surface area (Å²) in [6.07, 6.45) is 0. The number of rotatable bonds is 5. The van der Waals surface area contributed by atoms with E-state index in [1.54, 1.807) is 7.11 Å². The largest absolute Gasteiger partial charge is 0.493 e. The molecule has 0 spiro atoms. The normalized spacial score (nSPS) is 12.9. The Kier molecular flexibility index (Phi) is 4.80. The molecule has 0 saturated heterocycles. The maximum Gasteiger partial charge on any atom is 0.272 e. The van der Waals surface area contributed by atoms with Gasteiger partial charge in [0.1, 0.15) is 11.4 Å². The van der Waals surface area contributed by atoms with E-state index in [4.69, 9.17) is 9.47 Å². The van der Waals surface area contributed by atoms with E-state index < -0.39 is 0 Å². The van der Waals surface area contributed by atoms with Gasteiger partial charge in [-0.15, -0.1) is 0 Å². The lowest BCUT2D eigenvalue weighted by Crippen LogP contribution is -2.30. The van der Waals surface area contributed by atoms with Crippen molar-refractivity contribution < 1.29 is 14.3 Å². The van der Waals surface area contributed by atoms with E-state index in [0.29, 0.717) is 22.9 Å². The molecule has 2 N–H and O–H groups in total. The fourth-order valence-corrected chi connectivity index (χ4v) is 3.17. The molecule has 0 unspecified atom stereocenters. The Morgan fingerprint density at radius 2 is 1.81 bits per heavy atom. The number of carbonyl (C=O) groups is 1. The van der Waals surface area contributed by atoms with Gasteiger partial charge in [0.15, 0.2) is 11.5 Å². The molecule has 2 aromatic carbocycles. The summed E-state index contributed by atoms with van der Waals surface area (Å²) in [5.41, 5.74) is 2.53. The molecule has 0 radical (unpaired) electrons. The molecular formula is C21H21N3O3. The predicted molar refractivity (Wildman–Crippen MR) is 104 cm³/mol. The zero-order valence-electron chi connectivity index (χ0n) is 15.1. The predicted octanol–water partition coefficient (Wildman–Crippen LogP) is 3.64. The third kappa shape index (κ3) is 3.66. The summed E-state index contributed by atoms with van der Waals surface area (Å²) in [6.45, 7) is 2.47. The number of hydrogen-bond donors (Lipinski definition) is 2. The van der Waals surface area contributed by atoms with Crippen LogP contribution in [0.3, 0.4) is 0 Å². The highest BCUT2D eigenvalue weighted by Crippen LogP contribution is 2.31. The molecule has 0 atom stereocenters. The number of fused-ring (bicyclic) bond motifs is 1. The average molecular weight is 363 g/mol. The van der Waals surface area contributed by atoms with Crippen molar-refractivity contribution in [2.45, 2.75) is 13.1 Å². The number of nitrogens with one attached hydrogen (secondary N) is 2. The van der Waals surface area contributed by atoms with Gasteiger partial charge in [-0.05, 0) is 48.5 Å². The van der Waals surface area contributed by atoms with Crippen LogP contribution in [0.1, 0.15) is 16.2 Å². The summed E-state index contributed by atoms with van der Waals surface area (Å²) >= 11 is 0. The Hall–Kier alpha value is -3.25. The van der Waals surface area contributed by atoms with Gasteiger partial charge in [0.05, 0.1) is 7.11 Å². The number of amides is 1. The summed E-state index contributed by atoms with van der Waals surface area (Å²) in [6, 6.07) is 18.6. The quantitative estimate of drug-likeness (QED) is 0.726. The van der Waals surface area contributed by atoms with Gasteiger partial charge in [-0.25, -0.2) is 0 Å². The van der Waals surface area contributed by atoms with Crippen molar-refractivity contribution in [2.24, 2.45) is 0 Å². The van der Waals surface area contributed by atoms with E-state index in [1.807, 2.05) is 60.7 Å². The van der Waals surface area contributed by atoms with E-state index in [9.17, 15) is 4.79 Å². The van der Waals surface area contributed by atoms with Gasteiger partial charge in [-0.1, -0.05) is 12.1 Å². The van der Waals surface area contributed by atoms with Crippen LogP contribution in [0.2, 0.25) is 0 Å². The lowest BCUT2D eigenvalue weighted by Gasteiger charge is -2.18. The maximum absolute atomic E-state index is 12.6. The standard InChI is InChI=1S/C21H21N3O3/c1-26-19-4-2-3-5-20(19)27-17-9-6-15(7-10-17)23-21(25)18-11-8-16-14-22-12-13-24(16)18/h2-11,22H,12-14H2,1H3,(H,23,25). The van der Waals surface area contributed by atoms with E-state index >= 15 is 0 Å². The number of ether oxygens (including phenoxy) is 2. The van der Waals surface area contributed by atoms with Crippen LogP contribution in [0.4, 0.5) is 5.69 Å². The van der Waals surface area contributed by atoms with E-state index in [0.717, 1.165) is 31.0 Å². The molecule has 0 fully saturated rings. The van der Waals surface area contributed by atoms with Crippen molar-refractivity contribution in [1.29, 1.82) is 0 Å². The van der Waals surface area contributed by atoms with Crippen molar-refractivity contribution in [3.63, 3.8) is 0 Å². The van der Waals surface area contributed by atoms with Crippen molar-refractivity contribution in [2.75, 3.05) is 19.0 Å². The van der Waals surface area contributed by atoms with Crippen LogP contribution in [-0.2, 0) is 13.1 Å². The fourth-order valence-electron chi connectivity index (χ4n) is 3.17. The third-order valence-electron chi connectivity index (χ3n) is 4.53. The molecule has 1 aliphatic heterocycles. The van der Waals surface area contributed by atoms with Crippen molar-refractivity contribution in [3.05, 3.63) is 72.1 Å². The number of hydrogen-bond acceptors (Lipinski definition) is 4. The van der Waals surface area contributed by atoms with Crippen LogP contribution in [0.5, 0.6) is 17.2 Å². The molecule has 6 heteroatoms. The van der Waals surface area contributed by atoms with Gasteiger partial charge in [0, 0.05) is 31.0 Å². The van der Waals surface area contributed by atoms with Gasteiger partial charge in [0.25, 0.3) is 5.91 Å². The highest BCUT2D eigenvalue weighted by Gasteiger charge is 2.17. The van der Waals surface area contributed by atoms with Crippen LogP contribution >= 0.6 is 0 Å². The lowest BCUT2D eigenvalue weighted by atomic mass is 10.2. The first-order chi connectivity index (χ1) is 13.2.